The zero-order chi connectivity index (χ0) is 15.3. The molecule has 1 heterocycles. The summed E-state index contributed by atoms with van der Waals surface area (Å²) in [5, 5.41) is 2.70. The van der Waals surface area contributed by atoms with Gasteiger partial charge in [0.05, 0.1) is 22.3 Å². The van der Waals surface area contributed by atoms with Crippen molar-refractivity contribution in [3.05, 3.63) is 23.7 Å². The van der Waals surface area contributed by atoms with Gasteiger partial charge in [0.2, 0.25) is 0 Å². The van der Waals surface area contributed by atoms with Crippen molar-refractivity contribution in [3.8, 4) is 5.75 Å². The summed E-state index contributed by atoms with van der Waals surface area (Å²) >= 11 is 1.59. The third-order valence-corrected chi connectivity index (χ3v) is 3.35. The van der Waals surface area contributed by atoms with E-state index in [0.29, 0.717) is 13.2 Å². The zero-order valence-electron chi connectivity index (χ0n) is 12.5. The molecule has 1 N–H and O–H groups in total. The Bertz CT molecular complexity index is 604. The van der Waals surface area contributed by atoms with E-state index in [9.17, 15) is 4.79 Å². The first-order chi connectivity index (χ1) is 9.94. The number of rotatable bonds is 5. The Balaban J connectivity index is 1.66. The normalized spacial score (nSPS) is 11.4. The molecule has 0 aliphatic carbocycles. The molecule has 114 valence electrons. The first kappa shape index (κ1) is 15.6. The highest BCUT2D eigenvalue weighted by molar-refractivity contribution is 7.16. The number of fused-ring (bicyclic) bond motifs is 1. The molecule has 6 heteroatoms. The van der Waals surface area contributed by atoms with Gasteiger partial charge in [0.15, 0.2) is 0 Å². The predicted octanol–water partition coefficient (Wildman–Crippen LogP) is 3.59. The van der Waals surface area contributed by atoms with E-state index in [0.717, 1.165) is 22.4 Å². The molecule has 0 unspecified atom stereocenters. The maximum absolute atomic E-state index is 11.4. The van der Waals surface area contributed by atoms with Crippen molar-refractivity contribution < 1.29 is 14.3 Å². The summed E-state index contributed by atoms with van der Waals surface area (Å²) in [4.78, 5) is 15.6. The van der Waals surface area contributed by atoms with E-state index in [2.05, 4.69) is 10.3 Å². The van der Waals surface area contributed by atoms with Gasteiger partial charge in [0.25, 0.3) is 0 Å². The number of carbonyl (C=O) groups is 1. The molecule has 0 spiro atoms. The predicted molar refractivity (Wildman–Crippen MR) is 84.0 cm³/mol. The molecule has 0 fully saturated rings. The molecular weight excluding hydrogens is 288 g/mol. The molecule has 0 atom stereocenters. The SMILES string of the molecule is CC(C)(C)OC(=O)NCCCOc1ccc2ncsc2c1. The topological polar surface area (TPSA) is 60.5 Å². The van der Waals surface area contributed by atoms with Crippen molar-refractivity contribution in [3.63, 3.8) is 0 Å². The highest BCUT2D eigenvalue weighted by Gasteiger charge is 2.15. The van der Waals surface area contributed by atoms with Crippen molar-refractivity contribution in [2.45, 2.75) is 32.8 Å². The van der Waals surface area contributed by atoms with Crippen LogP contribution in [0.3, 0.4) is 0 Å². The number of nitrogens with zero attached hydrogens (tertiary/aromatic N) is 1. The van der Waals surface area contributed by atoms with Gasteiger partial charge in [-0.25, -0.2) is 9.78 Å². The van der Waals surface area contributed by atoms with Gasteiger partial charge in [-0.05, 0) is 45.4 Å². The Morgan fingerprint density at radius 2 is 2.19 bits per heavy atom. The standard InChI is InChI=1S/C15H20N2O3S/c1-15(2,3)20-14(18)16-7-4-8-19-11-5-6-12-13(9-11)21-10-17-12/h5-6,9-10H,4,7-8H2,1-3H3,(H,16,18). The molecule has 1 amide bonds. The number of alkyl carbamates (subject to hydrolysis) is 1. The molecule has 0 aliphatic heterocycles. The van der Waals surface area contributed by atoms with E-state index in [1.54, 1.807) is 11.3 Å². The summed E-state index contributed by atoms with van der Waals surface area (Å²) in [5.41, 5.74) is 2.34. The lowest BCUT2D eigenvalue weighted by molar-refractivity contribution is 0.0525. The Hall–Kier alpha value is -1.82. The van der Waals surface area contributed by atoms with Gasteiger partial charge < -0.3 is 14.8 Å². The van der Waals surface area contributed by atoms with Crippen LogP contribution in [0.1, 0.15) is 27.2 Å². The molecule has 2 aromatic rings. The number of thiazole rings is 1. The number of hydrogen-bond acceptors (Lipinski definition) is 5. The number of aromatic nitrogens is 1. The molecule has 1 aromatic heterocycles. The first-order valence-electron chi connectivity index (χ1n) is 6.87. The second-order valence-corrected chi connectivity index (χ2v) is 6.50. The van der Waals surface area contributed by atoms with Crippen LogP contribution in [-0.4, -0.2) is 29.8 Å². The number of hydrogen-bond donors (Lipinski definition) is 1. The number of carbonyl (C=O) groups excluding carboxylic acids is 1. The van der Waals surface area contributed by atoms with Gasteiger partial charge in [0, 0.05) is 6.54 Å². The van der Waals surface area contributed by atoms with Crippen LogP contribution in [0.4, 0.5) is 4.79 Å². The lowest BCUT2D eigenvalue weighted by Crippen LogP contribution is -2.33. The minimum absolute atomic E-state index is 0.395. The van der Waals surface area contributed by atoms with Crippen LogP contribution in [0.5, 0.6) is 5.75 Å². The molecule has 1 aromatic carbocycles. The summed E-state index contributed by atoms with van der Waals surface area (Å²) in [5.74, 6) is 0.823. The lowest BCUT2D eigenvalue weighted by atomic mass is 10.2. The molecule has 21 heavy (non-hydrogen) atoms. The average molecular weight is 308 g/mol. The summed E-state index contributed by atoms with van der Waals surface area (Å²) in [6, 6.07) is 5.83. The molecule has 0 saturated carbocycles. The minimum atomic E-state index is -0.468. The van der Waals surface area contributed by atoms with E-state index in [1.807, 2.05) is 44.5 Å². The van der Waals surface area contributed by atoms with Crippen LogP contribution < -0.4 is 10.1 Å². The second kappa shape index (κ2) is 6.76. The van der Waals surface area contributed by atoms with Gasteiger partial charge >= 0.3 is 6.09 Å². The highest BCUT2D eigenvalue weighted by Crippen LogP contribution is 2.23. The Kier molecular flexibility index (Phi) is 5.01. The summed E-state index contributed by atoms with van der Waals surface area (Å²) in [6.07, 6.45) is 0.327. The van der Waals surface area contributed by atoms with Crippen molar-refractivity contribution in [1.82, 2.24) is 10.3 Å². The molecular formula is C15H20N2O3S. The molecule has 2 rings (SSSR count). The van der Waals surface area contributed by atoms with Crippen LogP contribution >= 0.6 is 11.3 Å². The number of amides is 1. The molecule has 0 aliphatic rings. The smallest absolute Gasteiger partial charge is 0.407 e. The van der Waals surface area contributed by atoms with E-state index < -0.39 is 11.7 Å². The van der Waals surface area contributed by atoms with Crippen LogP contribution in [0, 0.1) is 0 Å². The van der Waals surface area contributed by atoms with Gasteiger partial charge in [-0.1, -0.05) is 0 Å². The largest absolute Gasteiger partial charge is 0.493 e. The lowest BCUT2D eigenvalue weighted by Gasteiger charge is -2.19. The van der Waals surface area contributed by atoms with Crippen molar-refractivity contribution >= 4 is 27.6 Å². The average Bonchev–Trinajstić information content (AvgIpc) is 2.83. The van der Waals surface area contributed by atoms with E-state index in [4.69, 9.17) is 9.47 Å². The summed E-state index contributed by atoms with van der Waals surface area (Å²) < 4.78 is 11.9. The zero-order valence-corrected chi connectivity index (χ0v) is 13.3. The Morgan fingerprint density at radius 1 is 1.38 bits per heavy atom. The fraction of sp³-hybridized carbons (Fsp3) is 0.467. The van der Waals surface area contributed by atoms with E-state index in [1.165, 1.54) is 0 Å². The summed E-state index contributed by atoms with van der Waals surface area (Å²) in [7, 11) is 0. The van der Waals surface area contributed by atoms with Crippen LogP contribution in [0.25, 0.3) is 10.2 Å². The number of benzene rings is 1. The van der Waals surface area contributed by atoms with Crippen molar-refractivity contribution in [2.24, 2.45) is 0 Å². The molecule has 0 saturated heterocycles. The number of nitrogens with one attached hydrogen (secondary N) is 1. The van der Waals surface area contributed by atoms with Crippen LogP contribution in [0.2, 0.25) is 0 Å². The van der Waals surface area contributed by atoms with E-state index in [-0.39, 0.29) is 0 Å². The fourth-order valence-electron chi connectivity index (χ4n) is 1.69. The fourth-order valence-corrected chi connectivity index (χ4v) is 2.40. The quantitative estimate of drug-likeness (QED) is 0.858. The van der Waals surface area contributed by atoms with Crippen molar-refractivity contribution in [1.29, 1.82) is 0 Å². The van der Waals surface area contributed by atoms with Crippen LogP contribution in [0.15, 0.2) is 23.7 Å². The molecule has 0 radical (unpaired) electrons. The number of ether oxygens (including phenoxy) is 2. The third-order valence-electron chi connectivity index (χ3n) is 2.56. The maximum atomic E-state index is 11.4. The minimum Gasteiger partial charge on any atom is -0.493 e. The molecule has 5 nitrogen and oxygen atoms in total. The summed E-state index contributed by atoms with van der Waals surface area (Å²) in [6.45, 7) is 6.58. The monoisotopic (exact) mass is 308 g/mol. The van der Waals surface area contributed by atoms with Crippen LogP contribution in [-0.2, 0) is 4.74 Å². The third kappa shape index (κ3) is 5.23. The Labute approximate surface area is 128 Å². The first-order valence-corrected chi connectivity index (χ1v) is 7.75. The van der Waals surface area contributed by atoms with Gasteiger partial charge in [0.1, 0.15) is 11.4 Å². The maximum Gasteiger partial charge on any atom is 0.407 e. The highest BCUT2D eigenvalue weighted by atomic mass is 32.1. The Morgan fingerprint density at radius 3 is 2.95 bits per heavy atom. The van der Waals surface area contributed by atoms with Gasteiger partial charge in [-0.2, -0.15) is 0 Å². The van der Waals surface area contributed by atoms with E-state index >= 15 is 0 Å². The van der Waals surface area contributed by atoms with Gasteiger partial charge in [-0.15, -0.1) is 11.3 Å². The van der Waals surface area contributed by atoms with Gasteiger partial charge in [-0.3, -0.25) is 0 Å². The second-order valence-electron chi connectivity index (χ2n) is 5.61. The molecule has 0 bridgehead atoms. The van der Waals surface area contributed by atoms with Crippen molar-refractivity contribution in [2.75, 3.05) is 13.2 Å².